The van der Waals surface area contributed by atoms with Crippen LogP contribution in [0.2, 0.25) is 0 Å². The summed E-state index contributed by atoms with van der Waals surface area (Å²) in [7, 11) is 0. The third-order valence-electron chi connectivity index (χ3n) is 2.44. The highest BCUT2D eigenvalue weighted by molar-refractivity contribution is 5.29. The number of aliphatic hydroxyl groups excluding tert-OH is 1. The highest BCUT2D eigenvalue weighted by Gasteiger charge is 2.21. The summed E-state index contributed by atoms with van der Waals surface area (Å²) in [5.41, 5.74) is 0. The highest BCUT2D eigenvalue weighted by Crippen LogP contribution is 2.28. The summed E-state index contributed by atoms with van der Waals surface area (Å²) in [6, 6.07) is 0. The number of aromatic nitrogens is 2. The molecule has 5 nitrogen and oxygen atoms in total. The van der Waals surface area contributed by atoms with E-state index in [1.807, 2.05) is 0 Å². The minimum absolute atomic E-state index is 0.379. The van der Waals surface area contributed by atoms with Gasteiger partial charge in [0.1, 0.15) is 5.82 Å². The Balaban J connectivity index is 1.57. The third-order valence-corrected chi connectivity index (χ3v) is 2.44. The van der Waals surface area contributed by atoms with Crippen molar-refractivity contribution in [2.75, 3.05) is 25.1 Å². The van der Waals surface area contributed by atoms with E-state index in [9.17, 15) is 5.11 Å². The van der Waals surface area contributed by atoms with Gasteiger partial charge in [0.2, 0.25) is 0 Å². The summed E-state index contributed by atoms with van der Waals surface area (Å²) in [4.78, 5) is 7.96. The van der Waals surface area contributed by atoms with Gasteiger partial charge in [-0.25, -0.2) is 4.98 Å². The van der Waals surface area contributed by atoms with Crippen molar-refractivity contribution in [1.82, 2.24) is 9.97 Å². The van der Waals surface area contributed by atoms with Gasteiger partial charge in [-0.3, -0.25) is 4.98 Å². The molecule has 1 aliphatic rings. The van der Waals surface area contributed by atoms with Crippen molar-refractivity contribution < 1.29 is 9.84 Å². The molecule has 1 aromatic rings. The number of hydrogen-bond donors (Lipinski definition) is 2. The van der Waals surface area contributed by atoms with Gasteiger partial charge in [-0.15, -0.1) is 0 Å². The molecule has 1 atom stereocenters. The van der Waals surface area contributed by atoms with Gasteiger partial charge in [0.15, 0.2) is 0 Å². The van der Waals surface area contributed by atoms with Crippen LogP contribution < -0.4 is 5.32 Å². The van der Waals surface area contributed by atoms with E-state index in [-0.39, 0.29) is 0 Å². The summed E-state index contributed by atoms with van der Waals surface area (Å²) >= 11 is 0. The average molecular weight is 223 g/mol. The van der Waals surface area contributed by atoms with E-state index in [1.165, 1.54) is 12.8 Å². The lowest BCUT2D eigenvalue weighted by Crippen LogP contribution is -2.25. The topological polar surface area (TPSA) is 67.3 Å². The van der Waals surface area contributed by atoms with Crippen LogP contribution in [0, 0.1) is 5.92 Å². The quantitative estimate of drug-likeness (QED) is 0.711. The van der Waals surface area contributed by atoms with Crippen molar-refractivity contribution in [1.29, 1.82) is 0 Å². The fourth-order valence-electron chi connectivity index (χ4n) is 1.33. The first kappa shape index (κ1) is 11.3. The molecule has 0 saturated heterocycles. The molecule has 16 heavy (non-hydrogen) atoms. The van der Waals surface area contributed by atoms with Gasteiger partial charge in [0.05, 0.1) is 18.9 Å². The van der Waals surface area contributed by atoms with Crippen LogP contribution in [-0.2, 0) is 4.74 Å². The summed E-state index contributed by atoms with van der Waals surface area (Å²) < 4.78 is 5.38. The molecule has 1 fully saturated rings. The molecule has 0 aliphatic heterocycles. The Morgan fingerprint density at radius 2 is 2.38 bits per heavy atom. The monoisotopic (exact) mass is 223 g/mol. The molecular formula is C11H17N3O2. The normalized spacial score (nSPS) is 17.1. The van der Waals surface area contributed by atoms with Crippen LogP contribution in [0.25, 0.3) is 0 Å². The van der Waals surface area contributed by atoms with Gasteiger partial charge < -0.3 is 15.2 Å². The Labute approximate surface area is 94.9 Å². The molecule has 1 heterocycles. The number of nitrogens with one attached hydrogen (secondary N) is 1. The van der Waals surface area contributed by atoms with E-state index in [2.05, 4.69) is 15.3 Å². The van der Waals surface area contributed by atoms with Gasteiger partial charge in [0, 0.05) is 25.5 Å². The second-order valence-electron chi connectivity index (χ2n) is 4.11. The van der Waals surface area contributed by atoms with Crippen molar-refractivity contribution in [3.8, 4) is 0 Å². The summed E-state index contributed by atoms with van der Waals surface area (Å²) in [6.45, 7) is 1.59. The number of ether oxygens (including phenoxy) is 1. The average Bonchev–Trinajstić information content (AvgIpc) is 3.12. The number of rotatable bonds is 7. The first-order valence-electron chi connectivity index (χ1n) is 5.60. The zero-order chi connectivity index (χ0) is 11.2. The van der Waals surface area contributed by atoms with Crippen LogP contribution in [0.4, 0.5) is 5.82 Å². The fraction of sp³-hybridized carbons (Fsp3) is 0.636. The van der Waals surface area contributed by atoms with Crippen LogP contribution >= 0.6 is 0 Å². The van der Waals surface area contributed by atoms with E-state index in [0.717, 1.165) is 12.5 Å². The molecule has 0 amide bonds. The van der Waals surface area contributed by atoms with Gasteiger partial charge in [-0.05, 0) is 18.8 Å². The highest BCUT2D eigenvalue weighted by atomic mass is 16.5. The summed E-state index contributed by atoms with van der Waals surface area (Å²) in [5, 5.41) is 12.6. The minimum atomic E-state index is -0.499. The smallest absolute Gasteiger partial charge is 0.144 e. The first-order valence-corrected chi connectivity index (χ1v) is 5.60. The minimum Gasteiger partial charge on any atom is -0.389 e. The Morgan fingerprint density at radius 1 is 1.50 bits per heavy atom. The van der Waals surface area contributed by atoms with Gasteiger partial charge >= 0.3 is 0 Å². The largest absolute Gasteiger partial charge is 0.389 e. The summed E-state index contributed by atoms with van der Waals surface area (Å²) in [5.74, 6) is 1.41. The maximum Gasteiger partial charge on any atom is 0.144 e. The van der Waals surface area contributed by atoms with Crippen molar-refractivity contribution in [3.63, 3.8) is 0 Å². The molecular weight excluding hydrogens is 206 g/mol. The molecule has 1 unspecified atom stereocenters. The van der Waals surface area contributed by atoms with Crippen LogP contribution in [0.15, 0.2) is 18.6 Å². The molecule has 2 N–H and O–H groups in total. The van der Waals surface area contributed by atoms with Gasteiger partial charge in [-0.1, -0.05) is 0 Å². The van der Waals surface area contributed by atoms with Crippen LogP contribution in [0.1, 0.15) is 12.8 Å². The first-order chi connectivity index (χ1) is 7.84. The number of hydrogen-bond acceptors (Lipinski definition) is 5. The van der Waals surface area contributed by atoms with E-state index >= 15 is 0 Å². The van der Waals surface area contributed by atoms with Gasteiger partial charge in [-0.2, -0.15) is 0 Å². The SMILES string of the molecule is OC(CNc1cnccn1)COCC1CC1. The Morgan fingerprint density at radius 3 is 3.06 bits per heavy atom. The van der Waals surface area contributed by atoms with Crippen LogP contribution in [-0.4, -0.2) is 40.9 Å². The van der Waals surface area contributed by atoms with Crippen molar-refractivity contribution in [2.45, 2.75) is 18.9 Å². The molecule has 0 aromatic carbocycles. The van der Waals surface area contributed by atoms with Crippen LogP contribution in [0.5, 0.6) is 0 Å². The molecule has 0 bridgehead atoms. The van der Waals surface area contributed by atoms with E-state index < -0.39 is 6.10 Å². The number of nitrogens with zero attached hydrogens (tertiary/aromatic N) is 2. The Kier molecular flexibility index (Phi) is 4.07. The zero-order valence-electron chi connectivity index (χ0n) is 9.17. The molecule has 2 rings (SSSR count). The molecule has 1 saturated carbocycles. The maximum absolute atomic E-state index is 9.61. The molecule has 88 valence electrons. The number of aliphatic hydroxyl groups is 1. The predicted molar refractivity (Wildman–Crippen MR) is 60.1 cm³/mol. The standard InChI is InChI=1S/C11H17N3O2/c15-10(8-16-7-9-1-2-9)5-14-11-6-12-3-4-13-11/h3-4,6,9-10,15H,1-2,5,7-8H2,(H,13,14). The lowest BCUT2D eigenvalue weighted by Gasteiger charge is -2.12. The predicted octanol–water partition coefficient (Wildman–Crippen LogP) is 0.676. The van der Waals surface area contributed by atoms with Crippen molar-refractivity contribution >= 4 is 5.82 Å². The second-order valence-corrected chi connectivity index (χ2v) is 4.11. The van der Waals surface area contributed by atoms with E-state index in [0.29, 0.717) is 19.0 Å². The molecule has 0 radical (unpaired) electrons. The lowest BCUT2D eigenvalue weighted by molar-refractivity contribution is 0.0385. The third kappa shape index (κ3) is 4.12. The summed E-state index contributed by atoms with van der Waals surface area (Å²) in [6.07, 6.45) is 6.89. The molecule has 0 spiro atoms. The van der Waals surface area contributed by atoms with Crippen LogP contribution in [0.3, 0.4) is 0 Å². The van der Waals surface area contributed by atoms with E-state index in [4.69, 9.17) is 4.74 Å². The second kappa shape index (κ2) is 5.77. The van der Waals surface area contributed by atoms with Gasteiger partial charge in [0.25, 0.3) is 0 Å². The lowest BCUT2D eigenvalue weighted by atomic mass is 10.3. The molecule has 5 heteroatoms. The van der Waals surface area contributed by atoms with Crippen molar-refractivity contribution in [2.24, 2.45) is 5.92 Å². The Bertz CT molecular complexity index is 303. The van der Waals surface area contributed by atoms with E-state index in [1.54, 1.807) is 18.6 Å². The maximum atomic E-state index is 9.61. The fourth-order valence-corrected chi connectivity index (χ4v) is 1.33. The molecule has 1 aliphatic carbocycles. The zero-order valence-corrected chi connectivity index (χ0v) is 9.17. The van der Waals surface area contributed by atoms with Crippen molar-refractivity contribution in [3.05, 3.63) is 18.6 Å². The molecule has 1 aromatic heterocycles. The Hall–Kier alpha value is -1.20. The number of anilines is 1.